The van der Waals surface area contributed by atoms with E-state index in [1.165, 1.54) is 6.92 Å². The second-order valence-electron chi connectivity index (χ2n) is 5.76. The molecule has 1 fully saturated rings. The summed E-state index contributed by atoms with van der Waals surface area (Å²) in [4.78, 5) is 0. The molecule has 0 saturated heterocycles. The van der Waals surface area contributed by atoms with Crippen molar-refractivity contribution in [2.45, 2.75) is 57.0 Å². The van der Waals surface area contributed by atoms with E-state index in [-0.39, 0.29) is 13.5 Å². The molecule has 0 N–H and O–H groups in total. The van der Waals surface area contributed by atoms with Crippen molar-refractivity contribution in [3.63, 3.8) is 0 Å². The van der Waals surface area contributed by atoms with E-state index in [1.54, 1.807) is 0 Å². The molecular formula is C13H18F8O2. The lowest BCUT2D eigenvalue weighted by Gasteiger charge is -2.51. The molecule has 0 aromatic carbocycles. The first-order valence-corrected chi connectivity index (χ1v) is 6.90. The summed E-state index contributed by atoms with van der Waals surface area (Å²) in [7, 11) is 0. The molecule has 2 nitrogen and oxygen atoms in total. The topological polar surface area (TPSA) is 18.5 Å². The molecule has 0 radical (unpaired) electrons. The van der Waals surface area contributed by atoms with E-state index in [4.69, 9.17) is 0 Å². The molecule has 0 aromatic rings. The standard InChI is InChI=1S/C13H18F8O2/c1-4-22-6-23-11(13(19,20)21)5-7(2)8(14)9(10(3,15)16)12(11,17)18/h7-9H,4-6H2,1-3H3. The van der Waals surface area contributed by atoms with Crippen LogP contribution in [0.1, 0.15) is 27.2 Å². The van der Waals surface area contributed by atoms with Crippen LogP contribution in [-0.2, 0) is 9.47 Å². The lowest BCUT2D eigenvalue weighted by Crippen LogP contribution is -2.71. The second-order valence-corrected chi connectivity index (χ2v) is 5.76. The minimum Gasteiger partial charge on any atom is -0.356 e. The monoisotopic (exact) mass is 358 g/mol. The lowest BCUT2D eigenvalue weighted by atomic mass is 9.66. The summed E-state index contributed by atoms with van der Waals surface area (Å²) in [5.41, 5.74) is -4.23. The van der Waals surface area contributed by atoms with Gasteiger partial charge in [-0.15, -0.1) is 0 Å². The molecule has 0 amide bonds. The van der Waals surface area contributed by atoms with Gasteiger partial charge in [0.1, 0.15) is 18.9 Å². The van der Waals surface area contributed by atoms with Crippen molar-refractivity contribution in [3.05, 3.63) is 0 Å². The fraction of sp³-hybridized carbons (Fsp3) is 1.00. The Hall–Kier alpha value is -0.640. The first-order valence-electron chi connectivity index (χ1n) is 6.90. The van der Waals surface area contributed by atoms with E-state index < -0.39 is 54.8 Å². The number of hydrogen-bond donors (Lipinski definition) is 0. The van der Waals surface area contributed by atoms with Crippen molar-refractivity contribution in [3.8, 4) is 0 Å². The van der Waals surface area contributed by atoms with Gasteiger partial charge < -0.3 is 9.47 Å². The highest BCUT2D eigenvalue weighted by Gasteiger charge is 2.80. The van der Waals surface area contributed by atoms with Crippen molar-refractivity contribution in [2.75, 3.05) is 13.4 Å². The van der Waals surface area contributed by atoms with Crippen LogP contribution in [0.5, 0.6) is 0 Å². The van der Waals surface area contributed by atoms with Gasteiger partial charge in [0.05, 0.1) is 0 Å². The molecular weight excluding hydrogens is 340 g/mol. The average molecular weight is 358 g/mol. The molecule has 1 rings (SSSR count). The maximum atomic E-state index is 14.4. The minimum atomic E-state index is -5.69. The van der Waals surface area contributed by atoms with Crippen LogP contribution in [0.4, 0.5) is 35.1 Å². The Kier molecular flexibility index (Phi) is 5.63. The normalized spacial score (nSPS) is 35.3. The Morgan fingerprint density at radius 2 is 1.65 bits per heavy atom. The van der Waals surface area contributed by atoms with Gasteiger partial charge in [0.2, 0.25) is 5.60 Å². The number of rotatable bonds is 5. The summed E-state index contributed by atoms with van der Waals surface area (Å²) >= 11 is 0. The van der Waals surface area contributed by atoms with Crippen LogP contribution < -0.4 is 0 Å². The van der Waals surface area contributed by atoms with Crippen molar-refractivity contribution < 1.29 is 44.6 Å². The largest absolute Gasteiger partial charge is 0.423 e. The van der Waals surface area contributed by atoms with E-state index in [0.29, 0.717) is 0 Å². The summed E-state index contributed by atoms with van der Waals surface area (Å²) in [5.74, 6) is -14.7. The van der Waals surface area contributed by atoms with Gasteiger partial charge in [-0.25, -0.2) is 22.0 Å². The maximum Gasteiger partial charge on any atom is 0.423 e. The Morgan fingerprint density at radius 1 is 1.13 bits per heavy atom. The van der Waals surface area contributed by atoms with Crippen molar-refractivity contribution in [2.24, 2.45) is 11.8 Å². The zero-order chi connectivity index (χ0) is 18.3. The fourth-order valence-corrected chi connectivity index (χ4v) is 2.85. The SMILES string of the molecule is CCOCOC1(C(F)(F)F)CC(C)C(F)C(C(C)(F)F)C1(F)F. The Labute approximate surface area is 128 Å². The predicted molar refractivity (Wildman–Crippen MR) is 64.1 cm³/mol. The van der Waals surface area contributed by atoms with Crippen molar-refractivity contribution in [1.29, 1.82) is 0 Å². The highest BCUT2D eigenvalue weighted by atomic mass is 19.4. The van der Waals surface area contributed by atoms with E-state index >= 15 is 0 Å². The van der Waals surface area contributed by atoms with E-state index in [0.717, 1.165) is 6.92 Å². The molecule has 138 valence electrons. The van der Waals surface area contributed by atoms with Gasteiger partial charge >= 0.3 is 6.18 Å². The highest BCUT2D eigenvalue weighted by molar-refractivity contribution is 5.13. The van der Waals surface area contributed by atoms with Crippen LogP contribution in [0.25, 0.3) is 0 Å². The zero-order valence-corrected chi connectivity index (χ0v) is 12.7. The average Bonchev–Trinajstić information content (AvgIpc) is 2.32. The second kappa shape index (κ2) is 6.34. The Morgan fingerprint density at radius 3 is 2.04 bits per heavy atom. The number of ether oxygens (including phenoxy) is 2. The molecule has 0 aliphatic heterocycles. The number of hydrogen-bond acceptors (Lipinski definition) is 2. The van der Waals surface area contributed by atoms with Crippen LogP contribution in [-0.4, -0.2) is 43.2 Å². The molecule has 0 bridgehead atoms. The molecule has 23 heavy (non-hydrogen) atoms. The minimum absolute atomic E-state index is 0.0279. The maximum absolute atomic E-state index is 14.4. The zero-order valence-electron chi connectivity index (χ0n) is 12.7. The van der Waals surface area contributed by atoms with Gasteiger partial charge in [-0.05, 0) is 26.2 Å². The van der Waals surface area contributed by atoms with Gasteiger partial charge in [-0.3, -0.25) is 0 Å². The lowest BCUT2D eigenvalue weighted by molar-refractivity contribution is -0.404. The Bertz CT molecular complexity index is 406. The quantitative estimate of drug-likeness (QED) is 0.407. The molecule has 0 aromatic heterocycles. The molecule has 1 aliphatic carbocycles. The van der Waals surface area contributed by atoms with E-state index in [2.05, 4.69) is 9.47 Å². The number of halogens is 8. The van der Waals surface area contributed by atoms with Gasteiger partial charge in [-0.2, -0.15) is 13.2 Å². The van der Waals surface area contributed by atoms with Gasteiger partial charge in [-0.1, -0.05) is 6.92 Å². The first-order chi connectivity index (χ1) is 10.2. The summed E-state index contributed by atoms with van der Waals surface area (Å²) < 4.78 is 119. The van der Waals surface area contributed by atoms with Crippen LogP contribution in [0.3, 0.4) is 0 Å². The molecule has 4 unspecified atom stereocenters. The van der Waals surface area contributed by atoms with E-state index in [9.17, 15) is 35.1 Å². The highest BCUT2D eigenvalue weighted by Crippen LogP contribution is 2.60. The van der Waals surface area contributed by atoms with Crippen LogP contribution in [0.2, 0.25) is 0 Å². The van der Waals surface area contributed by atoms with Gasteiger partial charge in [0, 0.05) is 6.61 Å². The van der Waals surface area contributed by atoms with Crippen molar-refractivity contribution >= 4 is 0 Å². The van der Waals surface area contributed by atoms with E-state index in [1.807, 2.05) is 0 Å². The molecule has 0 heterocycles. The first kappa shape index (κ1) is 20.4. The summed E-state index contributed by atoms with van der Waals surface area (Å²) in [6.07, 6.45) is -9.98. The van der Waals surface area contributed by atoms with Gasteiger partial charge in [0.25, 0.3) is 11.8 Å². The molecule has 4 atom stereocenters. The summed E-state index contributed by atoms with van der Waals surface area (Å²) in [5, 5.41) is 0. The summed E-state index contributed by atoms with van der Waals surface area (Å²) in [6.45, 7) is 0.917. The number of alkyl halides is 8. The third-order valence-corrected chi connectivity index (χ3v) is 4.00. The van der Waals surface area contributed by atoms with Crippen LogP contribution >= 0.6 is 0 Å². The molecule has 1 aliphatic rings. The van der Waals surface area contributed by atoms with Crippen LogP contribution in [0.15, 0.2) is 0 Å². The Balaban J connectivity index is 3.42. The fourth-order valence-electron chi connectivity index (χ4n) is 2.85. The van der Waals surface area contributed by atoms with Crippen molar-refractivity contribution in [1.82, 2.24) is 0 Å². The third kappa shape index (κ3) is 3.42. The molecule has 0 spiro atoms. The third-order valence-electron chi connectivity index (χ3n) is 4.00. The summed E-state index contributed by atoms with van der Waals surface area (Å²) in [6, 6.07) is 0. The smallest absolute Gasteiger partial charge is 0.356 e. The predicted octanol–water partition coefficient (Wildman–Crippen LogP) is 4.58. The van der Waals surface area contributed by atoms with Crippen LogP contribution in [0, 0.1) is 11.8 Å². The molecule has 1 saturated carbocycles. The molecule has 10 heteroatoms. The van der Waals surface area contributed by atoms with Gasteiger partial charge in [0.15, 0.2) is 0 Å².